The van der Waals surface area contributed by atoms with Gasteiger partial charge in [-0.2, -0.15) is 0 Å². The van der Waals surface area contributed by atoms with E-state index in [-0.39, 0.29) is 0 Å². The topological polar surface area (TPSA) is 12.4 Å². The van der Waals surface area contributed by atoms with Gasteiger partial charge in [0.15, 0.2) is 0 Å². The van der Waals surface area contributed by atoms with Crippen molar-refractivity contribution in [1.82, 2.24) is 0 Å². The maximum atomic E-state index is 4.48. The predicted octanol–water partition coefficient (Wildman–Crippen LogP) is 3.13. The highest BCUT2D eigenvalue weighted by atomic mass is 14.7. The van der Waals surface area contributed by atoms with E-state index < -0.39 is 0 Å². The molecule has 1 fully saturated rings. The van der Waals surface area contributed by atoms with Crippen LogP contribution in [0.2, 0.25) is 0 Å². The van der Waals surface area contributed by atoms with E-state index in [1.54, 1.807) is 0 Å². The number of hydrogen-bond donors (Lipinski definition) is 0. The highest BCUT2D eigenvalue weighted by Gasteiger charge is 2.11. The van der Waals surface area contributed by atoms with Crippen molar-refractivity contribution in [2.45, 2.75) is 32.6 Å². The Bertz CT molecular complexity index is 211. The minimum atomic E-state index is 0.907. The Kier molecular flexibility index (Phi) is 3.78. The molecular weight excluding hydrogens is 146 g/mol. The van der Waals surface area contributed by atoms with Crippen LogP contribution in [0.15, 0.2) is 29.3 Å². The zero-order valence-corrected chi connectivity index (χ0v) is 7.84. The van der Waals surface area contributed by atoms with Gasteiger partial charge in [0.2, 0.25) is 0 Å². The summed E-state index contributed by atoms with van der Waals surface area (Å²) in [5.41, 5.74) is 2.71. The van der Waals surface area contributed by atoms with Crippen molar-refractivity contribution in [3.63, 3.8) is 0 Å². The molecule has 0 aromatic rings. The molecule has 0 amide bonds. The molecule has 0 unspecified atom stereocenters. The first-order valence-electron chi connectivity index (χ1n) is 4.73. The minimum Gasteiger partial charge on any atom is -0.290 e. The molecule has 0 bridgehead atoms. The van der Waals surface area contributed by atoms with Gasteiger partial charge in [0.05, 0.1) is 0 Å². The first-order valence-corrected chi connectivity index (χ1v) is 4.73. The van der Waals surface area contributed by atoms with Crippen molar-refractivity contribution in [2.75, 3.05) is 6.54 Å². The highest BCUT2D eigenvalue weighted by molar-refractivity contribution is 6.00. The fourth-order valence-electron chi connectivity index (χ4n) is 1.61. The monoisotopic (exact) mass is 163 g/mol. The summed E-state index contributed by atoms with van der Waals surface area (Å²) in [4.78, 5) is 4.48. The molecule has 1 heteroatoms. The quantitative estimate of drug-likeness (QED) is 0.593. The maximum Gasteiger partial charge on any atom is 0.0380 e. The van der Waals surface area contributed by atoms with E-state index in [2.05, 4.69) is 24.6 Å². The molecule has 0 radical (unpaired) electrons. The van der Waals surface area contributed by atoms with Crippen LogP contribution in [0.1, 0.15) is 32.6 Å². The summed E-state index contributed by atoms with van der Waals surface area (Å²) < 4.78 is 0. The van der Waals surface area contributed by atoms with E-state index in [0.29, 0.717) is 0 Å². The molecule has 1 nitrogen and oxygen atoms in total. The Labute approximate surface area is 74.9 Å². The molecule has 12 heavy (non-hydrogen) atoms. The molecule has 0 atom stereocenters. The van der Waals surface area contributed by atoms with E-state index in [4.69, 9.17) is 0 Å². The maximum absolute atomic E-state index is 4.48. The lowest BCUT2D eigenvalue weighted by Gasteiger charge is -2.16. The third-order valence-electron chi connectivity index (χ3n) is 2.15. The number of allylic oxidation sites excluding steroid dienone is 3. The Hall–Kier alpha value is -0.850. The predicted molar refractivity (Wildman–Crippen MR) is 54.7 cm³/mol. The Morgan fingerprint density at radius 3 is 2.83 bits per heavy atom. The van der Waals surface area contributed by atoms with Crippen molar-refractivity contribution in [2.24, 2.45) is 4.99 Å². The number of nitrogens with zero attached hydrogens (tertiary/aromatic N) is 1. The van der Waals surface area contributed by atoms with Crippen LogP contribution in [0.4, 0.5) is 0 Å². The van der Waals surface area contributed by atoms with Gasteiger partial charge in [-0.15, -0.1) is 0 Å². The van der Waals surface area contributed by atoms with Crippen molar-refractivity contribution in [3.05, 3.63) is 24.3 Å². The minimum absolute atomic E-state index is 0.907. The highest BCUT2D eigenvalue weighted by Crippen LogP contribution is 2.20. The second-order valence-electron chi connectivity index (χ2n) is 3.06. The van der Waals surface area contributed by atoms with Crippen LogP contribution in [-0.4, -0.2) is 12.3 Å². The standard InChI is InChI=1S/C11H17N/c1-3-7-10-8-5-6-9-11(10)12-4-2/h3,7H,1,4-6,8-9H2,2H3/b10-7-,12-11?. The van der Waals surface area contributed by atoms with Crippen molar-refractivity contribution < 1.29 is 0 Å². The van der Waals surface area contributed by atoms with Crippen molar-refractivity contribution in [3.8, 4) is 0 Å². The smallest absolute Gasteiger partial charge is 0.0380 e. The van der Waals surface area contributed by atoms with Gasteiger partial charge in [-0.1, -0.05) is 18.7 Å². The lowest BCUT2D eigenvalue weighted by atomic mass is 9.92. The molecule has 0 aromatic carbocycles. The van der Waals surface area contributed by atoms with Gasteiger partial charge < -0.3 is 0 Å². The number of aliphatic imine (C=N–C) groups is 1. The third-order valence-corrected chi connectivity index (χ3v) is 2.15. The van der Waals surface area contributed by atoms with Gasteiger partial charge in [-0.05, 0) is 38.2 Å². The van der Waals surface area contributed by atoms with E-state index in [0.717, 1.165) is 13.0 Å². The molecule has 0 aromatic heterocycles. The van der Waals surface area contributed by atoms with Crippen LogP contribution in [0, 0.1) is 0 Å². The fraction of sp³-hybridized carbons (Fsp3) is 0.545. The second-order valence-corrected chi connectivity index (χ2v) is 3.06. The number of rotatable bonds is 2. The van der Waals surface area contributed by atoms with Crippen LogP contribution in [-0.2, 0) is 0 Å². The van der Waals surface area contributed by atoms with E-state index in [1.165, 1.54) is 30.5 Å². The molecular formula is C11H17N. The normalized spacial score (nSPS) is 24.8. The van der Waals surface area contributed by atoms with Gasteiger partial charge in [-0.25, -0.2) is 0 Å². The Morgan fingerprint density at radius 2 is 2.17 bits per heavy atom. The summed E-state index contributed by atoms with van der Waals surface area (Å²) in [6, 6.07) is 0. The van der Waals surface area contributed by atoms with Crippen LogP contribution in [0.5, 0.6) is 0 Å². The summed E-state index contributed by atoms with van der Waals surface area (Å²) in [6.07, 6.45) is 8.92. The van der Waals surface area contributed by atoms with Gasteiger partial charge in [0, 0.05) is 12.3 Å². The average molecular weight is 163 g/mol. The summed E-state index contributed by atoms with van der Waals surface area (Å²) >= 11 is 0. The largest absolute Gasteiger partial charge is 0.290 e. The van der Waals surface area contributed by atoms with Crippen LogP contribution >= 0.6 is 0 Å². The van der Waals surface area contributed by atoms with Crippen LogP contribution < -0.4 is 0 Å². The molecule has 0 saturated heterocycles. The molecule has 1 aliphatic carbocycles. The van der Waals surface area contributed by atoms with Gasteiger partial charge in [0.25, 0.3) is 0 Å². The molecule has 1 rings (SSSR count). The summed E-state index contributed by atoms with van der Waals surface area (Å²) in [5.74, 6) is 0. The van der Waals surface area contributed by atoms with Crippen LogP contribution in [0.3, 0.4) is 0 Å². The first-order chi connectivity index (χ1) is 5.88. The SMILES string of the molecule is C=C/C=C1/CCCCC1=NCC. The lowest BCUT2D eigenvalue weighted by molar-refractivity contribution is 0.730. The summed E-state index contributed by atoms with van der Waals surface area (Å²) in [7, 11) is 0. The molecule has 0 spiro atoms. The fourth-order valence-corrected chi connectivity index (χ4v) is 1.61. The molecule has 0 aliphatic heterocycles. The zero-order valence-electron chi connectivity index (χ0n) is 7.84. The average Bonchev–Trinajstić information content (AvgIpc) is 2.09. The Morgan fingerprint density at radius 1 is 1.42 bits per heavy atom. The first kappa shape index (κ1) is 9.24. The summed E-state index contributed by atoms with van der Waals surface area (Å²) in [6.45, 7) is 6.71. The third kappa shape index (κ3) is 2.33. The van der Waals surface area contributed by atoms with Gasteiger partial charge in [-0.3, -0.25) is 4.99 Å². The van der Waals surface area contributed by atoms with Crippen molar-refractivity contribution in [1.29, 1.82) is 0 Å². The van der Waals surface area contributed by atoms with E-state index >= 15 is 0 Å². The molecule has 1 aliphatic rings. The zero-order chi connectivity index (χ0) is 8.81. The van der Waals surface area contributed by atoms with Crippen molar-refractivity contribution >= 4 is 5.71 Å². The van der Waals surface area contributed by atoms with E-state index in [1.807, 2.05) is 6.08 Å². The van der Waals surface area contributed by atoms with Crippen LogP contribution in [0.25, 0.3) is 0 Å². The summed E-state index contributed by atoms with van der Waals surface area (Å²) in [5, 5.41) is 0. The lowest BCUT2D eigenvalue weighted by Crippen LogP contribution is -2.09. The molecule has 1 saturated carbocycles. The Balaban J connectivity index is 2.73. The molecule has 0 N–H and O–H groups in total. The van der Waals surface area contributed by atoms with Gasteiger partial charge >= 0.3 is 0 Å². The number of hydrogen-bond acceptors (Lipinski definition) is 1. The molecule has 66 valence electrons. The second kappa shape index (κ2) is 4.91. The molecule has 0 heterocycles. The van der Waals surface area contributed by atoms with Gasteiger partial charge in [0.1, 0.15) is 0 Å². The van der Waals surface area contributed by atoms with E-state index in [9.17, 15) is 0 Å².